The van der Waals surface area contributed by atoms with Gasteiger partial charge < -0.3 is 10.1 Å². The quantitative estimate of drug-likeness (QED) is 0.444. The number of benzene rings is 4. The lowest BCUT2D eigenvalue weighted by Gasteiger charge is -2.08. The smallest absolute Gasteiger partial charge is 0.407 e. The van der Waals surface area contributed by atoms with Crippen LogP contribution in [0.1, 0.15) is 11.1 Å². The van der Waals surface area contributed by atoms with Gasteiger partial charge in [-0.1, -0.05) is 91.0 Å². The number of fused-ring (bicyclic) bond motifs is 3. The van der Waals surface area contributed by atoms with E-state index in [2.05, 4.69) is 53.8 Å². The molecule has 0 bridgehead atoms. The molecule has 4 aromatic carbocycles. The van der Waals surface area contributed by atoms with Crippen molar-refractivity contribution in [2.75, 3.05) is 6.54 Å². The molecule has 1 amide bonds. The second-order valence-electron chi connectivity index (χ2n) is 6.58. The molecule has 0 aliphatic carbocycles. The number of nitrogens with one attached hydrogen (secondary N) is 1. The topological polar surface area (TPSA) is 38.3 Å². The fraction of sp³-hybridized carbons (Fsp3) is 0.0800. The number of rotatable bonds is 5. The summed E-state index contributed by atoms with van der Waals surface area (Å²) in [6.45, 7) is 0.681. The van der Waals surface area contributed by atoms with Gasteiger partial charge in [0.05, 0.1) is 0 Å². The third kappa shape index (κ3) is 4.04. The average molecular weight is 367 g/mol. The van der Waals surface area contributed by atoms with Crippen molar-refractivity contribution in [3.05, 3.63) is 102 Å². The van der Waals surface area contributed by atoms with E-state index in [0.717, 1.165) is 11.1 Å². The van der Waals surface area contributed by atoms with E-state index in [-0.39, 0.29) is 6.61 Å². The first-order chi connectivity index (χ1) is 13.8. The van der Waals surface area contributed by atoms with Crippen LogP contribution in [0.5, 0.6) is 0 Å². The zero-order valence-electron chi connectivity index (χ0n) is 15.5. The monoisotopic (exact) mass is 367 g/mol. The van der Waals surface area contributed by atoms with Crippen molar-refractivity contribution < 1.29 is 9.53 Å². The Morgan fingerprint density at radius 1 is 0.821 bits per heavy atom. The molecule has 0 saturated heterocycles. The standard InChI is InChI=1S/C25H21NO2/c27-25(28-18-19-9-2-1-3-10-19)26-16-8-12-21-17-20-11-4-5-13-22(20)24-15-7-6-14-23(21)24/h1-15,17H,16,18H2,(H,26,27). The van der Waals surface area contributed by atoms with Gasteiger partial charge in [0.2, 0.25) is 0 Å². The van der Waals surface area contributed by atoms with E-state index in [1.54, 1.807) is 0 Å². The maximum Gasteiger partial charge on any atom is 0.407 e. The molecular weight excluding hydrogens is 346 g/mol. The molecule has 0 atom stereocenters. The van der Waals surface area contributed by atoms with E-state index >= 15 is 0 Å². The van der Waals surface area contributed by atoms with Gasteiger partial charge in [-0.3, -0.25) is 0 Å². The summed E-state index contributed by atoms with van der Waals surface area (Å²) in [5, 5.41) is 7.64. The van der Waals surface area contributed by atoms with Gasteiger partial charge >= 0.3 is 6.09 Å². The van der Waals surface area contributed by atoms with Crippen molar-refractivity contribution in [3.8, 4) is 0 Å². The fourth-order valence-corrected chi connectivity index (χ4v) is 3.32. The molecule has 0 unspecified atom stereocenters. The Morgan fingerprint density at radius 2 is 1.50 bits per heavy atom. The molecule has 4 aromatic rings. The number of amides is 1. The second kappa shape index (κ2) is 8.40. The van der Waals surface area contributed by atoms with Crippen LogP contribution in [0.4, 0.5) is 4.79 Å². The van der Waals surface area contributed by atoms with E-state index in [4.69, 9.17) is 4.74 Å². The van der Waals surface area contributed by atoms with Crippen LogP contribution in [-0.4, -0.2) is 12.6 Å². The van der Waals surface area contributed by atoms with Crippen LogP contribution >= 0.6 is 0 Å². The highest BCUT2D eigenvalue weighted by Crippen LogP contribution is 2.29. The zero-order chi connectivity index (χ0) is 19.2. The van der Waals surface area contributed by atoms with E-state index in [0.29, 0.717) is 6.54 Å². The first-order valence-electron chi connectivity index (χ1n) is 9.33. The summed E-state index contributed by atoms with van der Waals surface area (Å²) < 4.78 is 5.22. The minimum atomic E-state index is -0.420. The van der Waals surface area contributed by atoms with Crippen LogP contribution in [0.3, 0.4) is 0 Å². The van der Waals surface area contributed by atoms with Crippen LogP contribution in [0, 0.1) is 0 Å². The number of hydrogen-bond donors (Lipinski definition) is 1. The number of alkyl carbamates (subject to hydrolysis) is 1. The average Bonchev–Trinajstić information content (AvgIpc) is 2.76. The molecule has 138 valence electrons. The minimum absolute atomic E-state index is 0.270. The molecule has 0 spiro atoms. The van der Waals surface area contributed by atoms with Gasteiger partial charge in [-0.2, -0.15) is 0 Å². The molecule has 3 nitrogen and oxygen atoms in total. The molecule has 0 fully saturated rings. The molecule has 0 aromatic heterocycles. The Morgan fingerprint density at radius 3 is 2.32 bits per heavy atom. The van der Waals surface area contributed by atoms with Gasteiger partial charge in [-0.05, 0) is 38.7 Å². The van der Waals surface area contributed by atoms with Crippen LogP contribution in [0.25, 0.3) is 27.6 Å². The summed E-state index contributed by atoms with van der Waals surface area (Å²) in [5.41, 5.74) is 2.10. The van der Waals surface area contributed by atoms with Gasteiger partial charge in [-0.15, -0.1) is 0 Å². The van der Waals surface area contributed by atoms with E-state index in [1.165, 1.54) is 21.5 Å². The molecule has 3 heteroatoms. The molecule has 0 aliphatic heterocycles. The molecule has 28 heavy (non-hydrogen) atoms. The van der Waals surface area contributed by atoms with Gasteiger partial charge in [0, 0.05) is 6.54 Å². The van der Waals surface area contributed by atoms with Gasteiger partial charge in [-0.25, -0.2) is 4.79 Å². The summed E-state index contributed by atoms with van der Waals surface area (Å²) in [7, 11) is 0. The van der Waals surface area contributed by atoms with E-state index in [9.17, 15) is 4.79 Å². The predicted molar refractivity (Wildman–Crippen MR) is 115 cm³/mol. The highest BCUT2D eigenvalue weighted by Gasteiger charge is 2.04. The first-order valence-corrected chi connectivity index (χ1v) is 9.33. The van der Waals surface area contributed by atoms with E-state index < -0.39 is 6.09 Å². The zero-order valence-corrected chi connectivity index (χ0v) is 15.5. The van der Waals surface area contributed by atoms with Crippen molar-refractivity contribution in [1.29, 1.82) is 0 Å². The Balaban J connectivity index is 1.43. The summed E-state index contributed by atoms with van der Waals surface area (Å²) in [4.78, 5) is 11.8. The van der Waals surface area contributed by atoms with Crippen LogP contribution < -0.4 is 5.32 Å². The predicted octanol–water partition coefficient (Wildman–Crippen LogP) is 5.93. The summed E-state index contributed by atoms with van der Waals surface area (Å²) in [5.74, 6) is 0. The van der Waals surface area contributed by atoms with Crippen LogP contribution in [0.15, 0.2) is 91.0 Å². The lowest BCUT2D eigenvalue weighted by Crippen LogP contribution is -2.24. The van der Waals surface area contributed by atoms with Gasteiger partial charge in [0.25, 0.3) is 0 Å². The van der Waals surface area contributed by atoms with Gasteiger partial charge in [0.1, 0.15) is 6.61 Å². The summed E-state index contributed by atoms with van der Waals surface area (Å²) in [6, 6.07) is 28.6. The Hall–Kier alpha value is -3.59. The molecule has 0 radical (unpaired) electrons. The van der Waals surface area contributed by atoms with Crippen molar-refractivity contribution in [2.45, 2.75) is 6.61 Å². The molecule has 0 saturated carbocycles. The maximum atomic E-state index is 11.8. The number of hydrogen-bond acceptors (Lipinski definition) is 2. The van der Waals surface area contributed by atoms with Crippen LogP contribution in [-0.2, 0) is 11.3 Å². The van der Waals surface area contributed by atoms with Crippen molar-refractivity contribution in [2.24, 2.45) is 0 Å². The minimum Gasteiger partial charge on any atom is -0.445 e. The largest absolute Gasteiger partial charge is 0.445 e. The number of carbonyl (C=O) groups is 1. The fourth-order valence-electron chi connectivity index (χ4n) is 3.32. The summed E-state index contributed by atoms with van der Waals surface area (Å²) in [6.07, 6.45) is 3.57. The van der Waals surface area contributed by atoms with Crippen molar-refractivity contribution >= 4 is 33.7 Å². The third-order valence-electron chi connectivity index (χ3n) is 4.67. The maximum absolute atomic E-state index is 11.8. The Kier molecular flexibility index (Phi) is 5.34. The highest BCUT2D eigenvalue weighted by atomic mass is 16.5. The molecule has 0 aliphatic rings. The molecular formula is C25H21NO2. The Bertz CT molecular complexity index is 1130. The van der Waals surface area contributed by atoms with Crippen molar-refractivity contribution in [1.82, 2.24) is 5.32 Å². The van der Waals surface area contributed by atoms with Crippen molar-refractivity contribution in [3.63, 3.8) is 0 Å². The second-order valence-corrected chi connectivity index (χ2v) is 6.58. The van der Waals surface area contributed by atoms with Gasteiger partial charge in [0.15, 0.2) is 0 Å². The lowest BCUT2D eigenvalue weighted by molar-refractivity contribution is 0.141. The SMILES string of the molecule is O=C(NCC=Cc1cc2ccccc2c2ccccc12)OCc1ccccc1. The van der Waals surface area contributed by atoms with Crippen LogP contribution in [0.2, 0.25) is 0 Å². The number of carbonyl (C=O) groups excluding carboxylic acids is 1. The molecule has 1 N–H and O–H groups in total. The first kappa shape index (κ1) is 17.8. The Labute approximate surface area is 164 Å². The lowest BCUT2D eigenvalue weighted by atomic mass is 9.97. The summed E-state index contributed by atoms with van der Waals surface area (Å²) >= 11 is 0. The van der Waals surface area contributed by atoms with E-state index in [1.807, 2.05) is 48.6 Å². The highest BCUT2D eigenvalue weighted by molar-refractivity contribution is 6.10. The normalized spacial score (nSPS) is 11.1. The molecule has 0 heterocycles. The molecule has 4 rings (SSSR count). The third-order valence-corrected chi connectivity index (χ3v) is 4.67. The number of ether oxygens (including phenoxy) is 1.